The Balaban J connectivity index is 1.44. The lowest BCUT2D eigenvalue weighted by molar-refractivity contribution is 0.338. The molecule has 8 heteroatoms. The molecular weight excluding hydrogens is 426 g/mol. The largest absolute Gasteiger partial charge is 0.495 e. The SMILES string of the molecule is COc1cc(Cc2nc3c(C4=CCN(CC#N)CC4)cc(C)cn3n2)ccc1-n1cnc(C)c1. The van der Waals surface area contributed by atoms with E-state index in [9.17, 15) is 0 Å². The molecule has 0 amide bonds. The van der Waals surface area contributed by atoms with Crippen molar-refractivity contribution in [1.29, 1.82) is 5.26 Å². The van der Waals surface area contributed by atoms with Crippen LogP contribution in [0.15, 0.2) is 49.1 Å². The zero-order valence-corrected chi connectivity index (χ0v) is 19.7. The Morgan fingerprint density at radius 1 is 1.18 bits per heavy atom. The Hall–Kier alpha value is -3.96. The number of fused-ring (bicyclic) bond motifs is 1. The monoisotopic (exact) mass is 453 g/mol. The van der Waals surface area contributed by atoms with Crippen molar-refractivity contribution in [2.24, 2.45) is 0 Å². The maximum absolute atomic E-state index is 8.96. The normalized spacial score (nSPS) is 14.2. The molecule has 0 atom stereocenters. The van der Waals surface area contributed by atoms with Gasteiger partial charge in [0.05, 0.1) is 37.4 Å². The van der Waals surface area contributed by atoms with E-state index >= 15 is 0 Å². The Bertz CT molecular complexity index is 1420. The minimum Gasteiger partial charge on any atom is -0.495 e. The molecule has 0 aliphatic carbocycles. The first-order chi connectivity index (χ1) is 16.5. The topological polar surface area (TPSA) is 84.3 Å². The number of pyridine rings is 1. The maximum Gasteiger partial charge on any atom is 0.163 e. The molecule has 0 unspecified atom stereocenters. The zero-order valence-electron chi connectivity index (χ0n) is 19.7. The van der Waals surface area contributed by atoms with Gasteiger partial charge in [-0.2, -0.15) is 10.4 Å². The summed E-state index contributed by atoms with van der Waals surface area (Å²) in [6.45, 7) is 6.17. The van der Waals surface area contributed by atoms with Gasteiger partial charge in [-0.15, -0.1) is 0 Å². The summed E-state index contributed by atoms with van der Waals surface area (Å²) < 4.78 is 9.52. The number of nitrogens with zero attached hydrogens (tertiary/aromatic N) is 7. The molecule has 0 saturated carbocycles. The van der Waals surface area contributed by atoms with E-state index in [1.54, 1.807) is 13.4 Å². The molecular formula is C26H27N7O. The Labute approximate surface area is 198 Å². The Morgan fingerprint density at radius 2 is 2.06 bits per heavy atom. The van der Waals surface area contributed by atoms with Crippen molar-refractivity contribution < 1.29 is 4.74 Å². The third kappa shape index (κ3) is 4.30. The van der Waals surface area contributed by atoms with Gasteiger partial charge in [0, 0.05) is 37.5 Å². The van der Waals surface area contributed by atoms with E-state index in [1.807, 2.05) is 40.5 Å². The Morgan fingerprint density at radius 3 is 2.76 bits per heavy atom. The smallest absolute Gasteiger partial charge is 0.163 e. The summed E-state index contributed by atoms with van der Waals surface area (Å²) in [4.78, 5) is 11.4. The van der Waals surface area contributed by atoms with Crippen molar-refractivity contribution in [3.63, 3.8) is 0 Å². The number of benzene rings is 1. The second kappa shape index (κ2) is 9.12. The van der Waals surface area contributed by atoms with E-state index in [4.69, 9.17) is 20.1 Å². The fraction of sp³-hybridized carbons (Fsp3) is 0.308. The first kappa shape index (κ1) is 21.9. The molecule has 3 aromatic heterocycles. The molecule has 34 heavy (non-hydrogen) atoms. The second-order valence-electron chi connectivity index (χ2n) is 8.71. The van der Waals surface area contributed by atoms with E-state index in [2.05, 4.69) is 41.1 Å². The van der Waals surface area contributed by atoms with E-state index in [0.29, 0.717) is 13.0 Å². The minimum atomic E-state index is 0.463. The number of ether oxygens (including phenoxy) is 1. The number of hydrogen-bond donors (Lipinski definition) is 0. The van der Waals surface area contributed by atoms with Crippen LogP contribution in [0.25, 0.3) is 16.9 Å². The summed E-state index contributed by atoms with van der Waals surface area (Å²) in [6.07, 6.45) is 9.51. The van der Waals surface area contributed by atoms with Gasteiger partial charge in [-0.05, 0) is 55.2 Å². The van der Waals surface area contributed by atoms with Crippen molar-refractivity contribution in [2.45, 2.75) is 26.7 Å². The van der Waals surface area contributed by atoms with Crippen molar-refractivity contribution in [1.82, 2.24) is 29.0 Å². The third-order valence-corrected chi connectivity index (χ3v) is 6.14. The highest BCUT2D eigenvalue weighted by molar-refractivity contribution is 5.77. The van der Waals surface area contributed by atoms with Crippen LogP contribution in [0, 0.1) is 25.2 Å². The summed E-state index contributed by atoms with van der Waals surface area (Å²) in [7, 11) is 1.68. The molecule has 0 fully saturated rings. The van der Waals surface area contributed by atoms with Crippen molar-refractivity contribution in [3.8, 4) is 17.5 Å². The molecule has 1 aromatic carbocycles. The second-order valence-corrected chi connectivity index (χ2v) is 8.71. The molecule has 172 valence electrons. The van der Waals surface area contributed by atoms with Crippen LogP contribution in [0.5, 0.6) is 5.75 Å². The van der Waals surface area contributed by atoms with Crippen LogP contribution in [0.1, 0.15) is 34.6 Å². The number of nitriles is 1. The maximum atomic E-state index is 8.96. The lowest BCUT2D eigenvalue weighted by Crippen LogP contribution is -2.28. The van der Waals surface area contributed by atoms with Crippen molar-refractivity contribution in [3.05, 3.63) is 77.3 Å². The number of imidazole rings is 1. The molecule has 5 rings (SSSR count). The van der Waals surface area contributed by atoms with E-state index in [1.165, 1.54) is 5.57 Å². The quantitative estimate of drug-likeness (QED) is 0.414. The van der Waals surface area contributed by atoms with Gasteiger partial charge < -0.3 is 9.30 Å². The lowest BCUT2D eigenvalue weighted by Gasteiger charge is -2.24. The number of hydrogen-bond acceptors (Lipinski definition) is 6. The van der Waals surface area contributed by atoms with Crippen LogP contribution >= 0.6 is 0 Å². The number of aryl methyl sites for hydroxylation is 2. The Kier molecular flexibility index (Phi) is 5.86. The number of aromatic nitrogens is 5. The summed E-state index contributed by atoms with van der Waals surface area (Å²) in [5.41, 5.74) is 7.39. The highest BCUT2D eigenvalue weighted by atomic mass is 16.5. The molecule has 0 bridgehead atoms. The zero-order chi connectivity index (χ0) is 23.7. The van der Waals surface area contributed by atoms with Gasteiger partial charge in [0.2, 0.25) is 0 Å². The molecule has 1 aliphatic rings. The van der Waals surface area contributed by atoms with Gasteiger partial charge in [0.15, 0.2) is 11.5 Å². The highest BCUT2D eigenvalue weighted by Gasteiger charge is 2.18. The van der Waals surface area contributed by atoms with Gasteiger partial charge in [-0.3, -0.25) is 4.90 Å². The first-order valence-corrected chi connectivity index (χ1v) is 11.4. The predicted molar refractivity (Wildman–Crippen MR) is 130 cm³/mol. The lowest BCUT2D eigenvalue weighted by atomic mass is 9.99. The summed E-state index contributed by atoms with van der Waals surface area (Å²) in [6, 6.07) is 10.6. The summed E-state index contributed by atoms with van der Waals surface area (Å²) in [5, 5.41) is 13.7. The van der Waals surface area contributed by atoms with Crippen LogP contribution in [0.2, 0.25) is 0 Å². The van der Waals surface area contributed by atoms with Crippen LogP contribution in [0.3, 0.4) is 0 Å². The van der Waals surface area contributed by atoms with Crippen molar-refractivity contribution >= 4 is 11.2 Å². The molecule has 8 nitrogen and oxygen atoms in total. The summed E-state index contributed by atoms with van der Waals surface area (Å²) >= 11 is 0. The number of methoxy groups -OCH3 is 1. The highest BCUT2D eigenvalue weighted by Crippen LogP contribution is 2.28. The van der Waals surface area contributed by atoms with Gasteiger partial charge >= 0.3 is 0 Å². The van der Waals surface area contributed by atoms with E-state index in [-0.39, 0.29) is 0 Å². The van der Waals surface area contributed by atoms with Crippen molar-refractivity contribution in [2.75, 3.05) is 26.7 Å². The van der Waals surface area contributed by atoms with E-state index in [0.717, 1.165) is 64.8 Å². The van der Waals surface area contributed by atoms with Crippen LogP contribution in [-0.2, 0) is 6.42 Å². The third-order valence-electron chi connectivity index (χ3n) is 6.14. The molecule has 4 aromatic rings. The molecule has 0 spiro atoms. The van der Waals surface area contributed by atoms with Crippen LogP contribution in [-0.4, -0.2) is 55.8 Å². The summed E-state index contributed by atoms with van der Waals surface area (Å²) in [5.74, 6) is 1.55. The average molecular weight is 454 g/mol. The first-order valence-electron chi connectivity index (χ1n) is 11.4. The van der Waals surface area contributed by atoms with Crippen LogP contribution < -0.4 is 4.74 Å². The van der Waals surface area contributed by atoms with Crippen LogP contribution in [0.4, 0.5) is 0 Å². The average Bonchev–Trinajstić information content (AvgIpc) is 3.44. The fourth-order valence-electron chi connectivity index (χ4n) is 4.46. The minimum absolute atomic E-state index is 0.463. The fourth-order valence-corrected chi connectivity index (χ4v) is 4.46. The molecule has 0 N–H and O–H groups in total. The molecule has 1 aliphatic heterocycles. The van der Waals surface area contributed by atoms with Gasteiger partial charge in [-0.25, -0.2) is 14.5 Å². The molecule has 4 heterocycles. The standard InChI is InChI=1S/C26H27N7O/c1-18-12-22(21-6-9-31(10-7-21)11-8-27)26-29-25(30-33(26)15-18)14-20-4-5-23(24(13-20)34-3)32-16-19(2)28-17-32/h4-6,12-13,15-17H,7,9-11,14H2,1-3H3. The predicted octanol–water partition coefficient (Wildman–Crippen LogP) is 3.74. The van der Waals surface area contributed by atoms with Gasteiger partial charge in [-0.1, -0.05) is 12.1 Å². The molecule has 0 saturated heterocycles. The van der Waals surface area contributed by atoms with Gasteiger partial charge in [0.25, 0.3) is 0 Å². The molecule has 0 radical (unpaired) electrons. The van der Waals surface area contributed by atoms with E-state index < -0.39 is 0 Å². The number of rotatable bonds is 6. The van der Waals surface area contributed by atoms with Gasteiger partial charge in [0.1, 0.15) is 5.75 Å².